The van der Waals surface area contributed by atoms with Crippen molar-refractivity contribution in [3.63, 3.8) is 0 Å². The molecule has 0 aliphatic carbocycles. The molecule has 4 nitrogen and oxygen atoms in total. The number of carbonyl (C=O) groups excluding carboxylic acids is 1. The van der Waals surface area contributed by atoms with E-state index in [2.05, 4.69) is 45.2 Å². The van der Waals surface area contributed by atoms with Crippen LogP contribution in [0.5, 0.6) is 0 Å². The Morgan fingerprint density at radius 1 is 1.11 bits per heavy atom. The SMILES string of the molecule is O=CC1c2c(-c3ccncc3)ccnc2CN1CCc1cc2ccccc2s1. The maximum absolute atomic E-state index is 12.0. The number of benzene rings is 1. The molecule has 0 saturated heterocycles. The molecular formula is C23H19N3OS. The topological polar surface area (TPSA) is 46.1 Å². The highest BCUT2D eigenvalue weighted by atomic mass is 32.1. The van der Waals surface area contributed by atoms with E-state index in [4.69, 9.17) is 0 Å². The second-order valence-corrected chi connectivity index (χ2v) is 8.18. The summed E-state index contributed by atoms with van der Waals surface area (Å²) in [6, 6.07) is 16.4. The summed E-state index contributed by atoms with van der Waals surface area (Å²) in [5, 5.41) is 1.29. The van der Waals surface area contributed by atoms with Crippen LogP contribution in [0.25, 0.3) is 21.2 Å². The molecule has 0 saturated carbocycles. The normalized spacial score (nSPS) is 16.4. The van der Waals surface area contributed by atoms with Crippen LogP contribution in [0.2, 0.25) is 0 Å². The van der Waals surface area contributed by atoms with E-state index in [1.54, 1.807) is 12.4 Å². The summed E-state index contributed by atoms with van der Waals surface area (Å²) < 4.78 is 1.32. The molecule has 5 rings (SSSR count). The zero-order valence-electron chi connectivity index (χ0n) is 15.3. The maximum Gasteiger partial charge on any atom is 0.141 e. The molecule has 0 spiro atoms. The molecule has 0 fully saturated rings. The zero-order chi connectivity index (χ0) is 18.9. The molecule has 1 atom stereocenters. The van der Waals surface area contributed by atoms with E-state index in [9.17, 15) is 4.79 Å². The largest absolute Gasteiger partial charge is 0.301 e. The summed E-state index contributed by atoms with van der Waals surface area (Å²) in [7, 11) is 0. The van der Waals surface area contributed by atoms with Crippen LogP contribution in [0, 0.1) is 0 Å². The van der Waals surface area contributed by atoms with E-state index in [1.165, 1.54) is 15.0 Å². The first kappa shape index (κ1) is 17.2. The summed E-state index contributed by atoms with van der Waals surface area (Å²) in [4.78, 5) is 24.3. The number of hydrogen-bond donors (Lipinski definition) is 0. The lowest BCUT2D eigenvalue weighted by Gasteiger charge is -2.20. The van der Waals surface area contributed by atoms with E-state index in [0.29, 0.717) is 6.54 Å². The van der Waals surface area contributed by atoms with E-state index < -0.39 is 0 Å². The molecule has 0 radical (unpaired) electrons. The molecule has 3 aromatic heterocycles. The van der Waals surface area contributed by atoms with E-state index >= 15 is 0 Å². The smallest absolute Gasteiger partial charge is 0.141 e. The van der Waals surface area contributed by atoms with Crippen LogP contribution in [0.3, 0.4) is 0 Å². The van der Waals surface area contributed by atoms with Crippen molar-refractivity contribution in [2.45, 2.75) is 19.0 Å². The highest BCUT2D eigenvalue weighted by Crippen LogP contribution is 2.38. The lowest BCUT2D eigenvalue weighted by Crippen LogP contribution is -2.25. The molecular weight excluding hydrogens is 366 g/mol. The number of nitrogens with zero attached hydrogens (tertiary/aromatic N) is 3. The highest BCUT2D eigenvalue weighted by Gasteiger charge is 2.33. The first-order valence-corrected chi connectivity index (χ1v) is 10.2. The van der Waals surface area contributed by atoms with E-state index in [0.717, 1.165) is 41.6 Å². The predicted octanol–water partition coefficient (Wildman–Crippen LogP) is 4.66. The third-order valence-electron chi connectivity index (χ3n) is 5.36. The molecule has 1 unspecified atom stereocenters. The quantitative estimate of drug-likeness (QED) is 0.469. The molecule has 0 bridgehead atoms. The first-order valence-electron chi connectivity index (χ1n) is 9.38. The fourth-order valence-corrected chi connectivity index (χ4v) is 5.07. The minimum Gasteiger partial charge on any atom is -0.301 e. The van der Waals surface area contributed by atoms with Gasteiger partial charge in [-0.1, -0.05) is 18.2 Å². The molecule has 1 aliphatic heterocycles. The Bertz CT molecular complexity index is 1110. The fourth-order valence-electron chi connectivity index (χ4n) is 4.02. The summed E-state index contributed by atoms with van der Waals surface area (Å²) in [5.41, 5.74) is 4.20. The van der Waals surface area contributed by atoms with Gasteiger partial charge >= 0.3 is 0 Å². The predicted molar refractivity (Wildman–Crippen MR) is 112 cm³/mol. The number of pyridine rings is 2. The van der Waals surface area contributed by atoms with Crippen molar-refractivity contribution in [3.8, 4) is 11.1 Å². The fraction of sp³-hybridized carbons (Fsp3) is 0.174. The summed E-state index contributed by atoms with van der Waals surface area (Å²) in [6.07, 6.45) is 7.40. The number of fused-ring (bicyclic) bond motifs is 2. The Hall–Kier alpha value is -2.89. The van der Waals surface area contributed by atoms with Gasteiger partial charge in [-0.25, -0.2) is 0 Å². The molecule has 1 aliphatic rings. The number of carbonyl (C=O) groups is 1. The molecule has 0 N–H and O–H groups in total. The van der Waals surface area contributed by atoms with Crippen molar-refractivity contribution in [1.82, 2.24) is 14.9 Å². The van der Waals surface area contributed by atoms with E-state index in [1.807, 2.05) is 35.7 Å². The van der Waals surface area contributed by atoms with Gasteiger partial charge in [0, 0.05) is 46.8 Å². The molecule has 5 heteroatoms. The standard InChI is InChI=1S/C23H19N3OS/c27-15-21-23-19(16-5-9-24-10-6-16)7-11-25-20(23)14-26(21)12-8-18-13-17-3-1-2-4-22(17)28-18/h1-7,9-11,13,15,21H,8,12,14H2. The lowest BCUT2D eigenvalue weighted by molar-refractivity contribution is -0.112. The van der Waals surface area contributed by atoms with Crippen molar-refractivity contribution in [3.05, 3.63) is 83.3 Å². The van der Waals surface area contributed by atoms with Crippen molar-refractivity contribution < 1.29 is 4.79 Å². The summed E-state index contributed by atoms with van der Waals surface area (Å²) >= 11 is 1.84. The summed E-state index contributed by atoms with van der Waals surface area (Å²) in [6.45, 7) is 1.55. The van der Waals surface area contributed by atoms with Gasteiger partial charge in [-0.05, 0) is 53.3 Å². The van der Waals surface area contributed by atoms with Gasteiger partial charge in [0.25, 0.3) is 0 Å². The van der Waals surface area contributed by atoms with Gasteiger partial charge in [0.1, 0.15) is 6.29 Å². The summed E-state index contributed by atoms with van der Waals surface area (Å²) in [5.74, 6) is 0. The molecule has 28 heavy (non-hydrogen) atoms. The zero-order valence-corrected chi connectivity index (χ0v) is 16.1. The molecule has 4 heterocycles. The van der Waals surface area contributed by atoms with Crippen molar-refractivity contribution >= 4 is 27.7 Å². The van der Waals surface area contributed by atoms with Crippen LogP contribution in [0.4, 0.5) is 0 Å². The average Bonchev–Trinajstić information content (AvgIpc) is 3.33. The number of hydrogen-bond acceptors (Lipinski definition) is 5. The average molecular weight is 385 g/mol. The van der Waals surface area contributed by atoms with Crippen molar-refractivity contribution in [1.29, 1.82) is 0 Å². The van der Waals surface area contributed by atoms with Gasteiger partial charge in [-0.15, -0.1) is 11.3 Å². The molecule has 4 aromatic rings. The van der Waals surface area contributed by atoms with Gasteiger partial charge in [-0.3, -0.25) is 14.9 Å². The minimum absolute atomic E-state index is 0.249. The van der Waals surface area contributed by atoms with Gasteiger partial charge < -0.3 is 4.79 Å². The van der Waals surface area contributed by atoms with Crippen molar-refractivity contribution in [2.24, 2.45) is 0 Å². The molecule has 138 valence electrons. The van der Waals surface area contributed by atoms with Crippen LogP contribution in [0.1, 0.15) is 22.2 Å². The highest BCUT2D eigenvalue weighted by molar-refractivity contribution is 7.19. The number of aromatic nitrogens is 2. The Balaban J connectivity index is 1.41. The molecule has 1 aromatic carbocycles. The van der Waals surface area contributed by atoms with Gasteiger partial charge in [0.05, 0.1) is 11.7 Å². The van der Waals surface area contributed by atoms with Crippen LogP contribution in [-0.4, -0.2) is 27.7 Å². The van der Waals surface area contributed by atoms with E-state index in [-0.39, 0.29) is 6.04 Å². The third kappa shape index (κ3) is 3.03. The first-order chi connectivity index (χ1) is 13.8. The Kier molecular flexibility index (Phi) is 4.47. The van der Waals surface area contributed by atoms with Gasteiger partial charge in [0.2, 0.25) is 0 Å². The monoisotopic (exact) mass is 385 g/mol. The second kappa shape index (κ2) is 7.26. The van der Waals surface area contributed by atoms with Crippen LogP contribution >= 0.6 is 11.3 Å². The number of rotatable bonds is 5. The number of aldehydes is 1. The van der Waals surface area contributed by atoms with Crippen LogP contribution in [-0.2, 0) is 17.8 Å². The Morgan fingerprint density at radius 2 is 1.96 bits per heavy atom. The maximum atomic E-state index is 12.0. The third-order valence-corrected chi connectivity index (χ3v) is 6.53. The Morgan fingerprint density at radius 3 is 2.79 bits per heavy atom. The minimum atomic E-state index is -0.249. The van der Waals surface area contributed by atoms with Crippen LogP contribution in [0.15, 0.2) is 67.1 Å². The van der Waals surface area contributed by atoms with Gasteiger partial charge in [0.15, 0.2) is 0 Å². The van der Waals surface area contributed by atoms with Gasteiger partial charge in [-0.2, -0.15) is 0 Å². The molecule has 0 amide bonds. The van der Waals surface area contributed by atoms with Crippen LogP contribution < -0.4 is 0 Å². The number of thiophene rings is 1. The lowest BCUT2D eigenvalue weighted by atomic mass is 9.97. The van der Waals surface area contributed by atoms with Crippen molar-refractivity contribution in [2.75, 3.05) is 6.54 Å². The second-order valence-electron chi connectivity index (χ2n) is 7.01. The Labute approximate surface area is 167 Å².